The van der Waals surface area contributed by atoms with Gasteiger partial charge in [-0.2, -0.15) is 0 Å². The molecule has 2 aromatic carbocycles. The Balaban J connectivity index is 2.07. The summed E-state index contributed by atoms with van der Waals surface area (Å²) in [6.45, 7) is 1.81. The van der Waals surface area contributed by atoms with Crippen LogP contribution in [0.15, 0.2) is 48.5 Å². The third kappa shape index (κ3) is 4.16. The van der Waals surface area contributed by atoms with Crippen LogP contribution in [0.25, 0.3) is 0 Å². The summed E-state index contributed by atoms with van der Waals surface area (Å²) >= 11 is 0. The van der Waals surface area contributed by atoms with Crippen LogP contribution in [0.1, 0.15) is 33.2 Å². The lowest BCUT2D eigenvalue weighted by molar-refractivity contribution is -0.384. The maximum absolute atomic E-state index is 12.2. The molecule has 0 aliphatic heterocycles. The second kappa shape index (κ2) is 7.87. The number of benzene rings is 2. The zero-order valence-corrected chi connectivity index (χ0v) is 12.9. The Morgan fingerprint density at radius 3 is 2.00 bits per heavy atom. The van der Waals surface area contributed by atoms with E-state index >= 15 is 0 Å². The number of nitrogens with zero attached hydrogens (tertiary/aromatic N) is 1. The number of non-ortho nitro benzene ring substituents is 1. The fraction of sp³-hybridized carbons (Fsp3) is 0.176. The molecule has 0 aliphatic rings. The first-order chi connectivity index (χ1) is 11.5. The molecule has 0 unspecified atom stereocenters. The Morgan fingerprint density at radius 1 is 0.958 bits per heavy atom. The monoisotopic (exact) mass is 329 g/mol. The van der Waals surface area contributed by atoms with Crippen LogP contribution in [0.5, 0.6) is 0 Å². The van der Waals surface area contributed by atoms with Crippen molar-refractivity contribution in [1.82, 2.24) is 0 Å². The number of ether oxygens (including phenoxy) is 2. The van der Waals surface area contributed by atoms with Gasteiger partial charge in [-0.15, -0.1) is 0 Å². The Bertz CT molecular complexity index is 754. The zero-order chi connectivity index (χ0) is 17.5. The van der Waals surface area contributed by atoms with Gasteiger partial charge in [0.15, 0.2) is 0 Å². The number of nitro groups is 1. The minimum absolute atomic E-state index is 0.0438. The molecule has 0 heterocycles. The van der Waals surface area contributed by atoms with E-state index in [0.29, 0.717) is 5.56 Å². The number of rotatable bonds is 6. The van der Waals surface area contributed by atoms with Crippen LogP contribution in [-0.2, 0) is 16.1 Å². The van der Waals surface area contributed by atoms with Gasteiger partial charge in [0.25, 0.3) is 5.69 Å². The molecule has 124 valence electrons. The first-order valence-electron chi connectivity index (χ1n) is 7.19. The number of esters is 2. The predicted octanol–water partition coefficient (Wildman–Crippen LogP) is 3.13. The van der Waals surface area contributed by atoms with Crippen LogP contribution in [0.4, 0.5) is 5.69 Å². The molecule has 0 saturated carbocycles. The molecular weight excluding hydrogens is 314 g/mol. The van der Waals surface area contributed by atoms with E-state index in [1.807, 2.05) is 0 Å². The molecule has 24 heavy (non-hydrogen) atoms. The van der Waals surface area contributed by atoms with Crippen LogP contribution < -0.4 is 0 Å². The van der Waals surface area contributed by atoms with Gasteiger partial charge < -0.3 is 9.47 Å². The molecule has 7 nitrogen and oxygen atoms in total. The highest BCUT2D eigenvalue weighted by molar-refractivity contribution is 6.03. The van der Waals surface area contributed by atoms with Gasteiger partial charge in [-0.1, -0.05) is 12.1 Å². The normalized spacial score (nSPS) is 10.0. The first-order valence-corrected chi connectivity index (χ1v) is 7.19. The molecule has 0 bridgehead atoms. The fourth-order valence-corrected chi connectivity index (χ4v) is 1.99. The molecule has 2 rings (SSSR count). The van der Waals surface area contributed by atoms with Gasteiger partial charge in [0.2, 0.25) is 0 Å². The van der Waals surface area contributed by atoms with E-state index in [-0.39, 0.29) is 30.0 Å². The Morgan fingerprint density at radius 2 is 1.50 bits per heavy atom. The molecule has 0 aromatic heterocycles. The zero-order valence-electron chi connectivity index (χ0n) is 12.9. The lowest BCUT2D eigenvalue weighted by atomic mass is 10.1. The third-order valence-electron chi connectivity index (χ3n) is 3.16. The topological polar surface area (TPSA) is 95.7 Å². The van der Waals surface area contributed by atoms with Crippen molar-refractivity contribution in [2.24, 2.45) is 0 Å². The summed E-state index contributed by atoms with van der Waals surface area (Å²) in [5.74, 6) is -1.27. The van der Waals surface area contributed by atoms with Crippen molar-refractivity contribution in [2.75, 3.05) is 6.61 Å². The Hall–Kier alpha value is -3.22. The van der Waals surface area contributed by atoms with Crippen LogP contribution in [-0.4, -0.2) is 23.5 Å². The smallest absolute Gasteiger partial charge is 0.339 e. The molecule has 0 radical (unpaired) electrons. The van der Waals surface area contributed by atoms with Crippen molar-refractivity contribution < 1.29 is 24.0 Å². The van der Waals surface area contributed by atoms with Crippen LogP contribution in [0.3, 0.4) is 0 Å². The number of hydrogen-bond donors (Lipinski definition) is 0. The van der Waals surface area contributed by atoms with E-state index < -0.39 is 16.9 Å². The average Bonchev–Trinajstić information content (AvgIpc) is 2.60. The van der Waals surface area contributed by atoms with Gasteiger partial charge in [0.05, 0.1) is 22.7 Å². The number of carbonyl (C=O) groups excluding carboxylic acids is 2. The molecule has 0 amide bonds. The minimum atomic E-state index is -0.669. The summed E-state index contributed by atoms with van der Waals surface area (Å²) in [4.78, 5) is 34.1. The number of nitro benzene ring substituents is 1. The maximum atomic E-state index is 12.2. The molecule has 0 atom stereocenters. The maximum Gasteiger partial charge on any atom is 0.339 e. The van der Waals surface area contributed by atoms with Gasteiger partial charge >= 0.3 is 11.9 Å². The highest BCUT2D eigenvalue weighted by Gasteiger charge is 2.18. The molecule has 0 saturated heterocycles. The summed E-state index contributed by atoms with van der Waals surface area (Å²) in [6, 6.07) is 11.9. The lowest BCUT2D eigenvalue weighted by Gasteiger charge is -2.09. The van der Waals surface area contributed by atoms with E-state index in [1.54, 1.807) is 19.1 Å². The summed E-state index contributed by atoms with van der Waals surface area (Å²) < 4.78 is 10.1. The van der Waals surface area contributed by atoms with Crippen molar-refractivity contribution in [3.05, 3.63) is 75.3 Å². The standard InChI is InChI=1S/C17H15NO6/c1-2-23-16(19)14-5-3-4-6-15(14)17(20)24-11-12-7-9-13(10-8-12)18(21)22/h3-10H,2,11H2,1H3. The van der Waals surface area contributed by atoms with E-state index in [2.05, 4.69) is 0 Å². The molecule has 0 N–H and O–H groups in total. The highest BCUT2D eigenvalue weighted by Crippen LogP contribution is 2.15. The summed E-state index contributed by atoms with van der Waals surface area (Å²) in [5.41, 5.74) is 0.797. The summed E-state index contributed by atoms with van der Waals surface area (Å²) in [6.07, 6.45) is 0. The van der Waals surface area contributed by atoms with Crippen LogP contribution in [0, 0.1) is 10.1 Å². The van der Waals surface area contributed by atoms with E-state index in [9.17, 15) is 19.7 Å². The van der Waals surface area contributed by atoms with Crippen LogP contribution >= 0.6 is 0 Å². The number of carbonyl (C=O) groups is 2. The molecule has 0 spiro atoms. The molecule has 0 aliphatic carbocycles. The van der Waals surface area contributed by atoms with Crippen molar-refractivity contribution in [2.45, 2.75) is 13.5 Å². The Labute approximate surface area is 138 Å². The molecule has 7 heteroatoms. The van der Waals surface area contributed by atoms with Crippen molar-refractivity contribution >= 4 is 17.6 Å². The van der Waals surface area contributed by atoms with Gasteiger partial charge in [0.1, 0.15) is 6.61 Å². The van der Waals surface area contributed by atoms with Gasteiger partial charge in [-0.3, -0.25) is 10.1 Å². The summed E-state index contributed by atoms with van der Waals surface area (Å²) in [7, 11) is 0. The molecular formula is C17H15NO6. The fourth-order valence-electron chi connectivity index (χ4n) is 1.99. The van der Waals surface area contributed by atoms with Gasteiger partial charge in [-0.25, -0.2) is 9.59 Å². The quantitative estimate of drug-likeness (QED) is 0.459. The van der Waals surface area contributed by atoms with Crippen molar-refractivity contribution in [3.63, 3.8) is 0 Å². The SMILES string of the molecule is CCOC(=O)c1ccccc1C(=O)OCc1ccc([N+](=O)[O-])cc1. The average molecular weight is 329 g/mol. The van der Waals surface area contributed by atoms with Crippen molar-refractivity contribution in [3.8, 4) is 0 Å². The third-order valence-corrected chi connectivity index (χ3v) is 3.16. The van der Waals surface area contributed by atoms with E-state index in [1.165, 1.54) is 36.4 Å². The second-order valence-corrected chi connectivity index (χ2v) is 4.77. The van der Waals surface area contributed by atoms with Crippen LogP contribution in [0.2, 0.25) is 0 Å². The highest BCUT2D eigenvalue weighted by atomic mass is 16.6. The predicted molar refractivity (Wildman–Crippen MR) is 84.6 cm³/mol. The largest absolute Gasteiger partial charge is 0.462 e. The Kier molecular flexibility index (Phi) is 5.62. The van der Waals surface area contributed by atoms with E-state index in [4.69, 9.17) is 9.47 Å². The number of hydrogen-bond acceptors (Lipinski definition) is 6. The molecule has 2 aromatic rings. The first kappa shape index (κ1) is 17.1. The summed E-state index contributed by atoms with van der Waals surface area (Å²) in [5, 5.41) is 10.6. The second-order valence-electron chi connectivity index (χ2n) is 4.77. The lowest BCUT2D eigenvalue weighted by Crippen LogP contribution is -2.13. The molecule has 0 fully saturated rings. The minimum Gasteiger partial charge on any atom is -0.462 e. The van der Waals surface area contributed by atoms with Gasteiger partial charge in [-0.05, 0) is 36.8 Å². The van der Waals surface area contributed by atoms with E-state index in [0.717, 1.165) is 0 Å². The van der Waals surface area contributed by atoms with Crippen molar-refractivity contribution in [1.29, 1.82) is 0 Å². The van der Waals surface area contributed by atoms with Gasteiger partial charge in [0, 0.05) is 12.1 Å².